The van der Waals surface area contributed by atoms with E-state index in [-0.39, 0.29) is 5.97 Å². The van der Waals surface area contributed by atoms with Gasteiger partial charge in [-0.05, 0) is 70.4 Å². The second-order valence-corrected chi connectivity index (χ2v) is 7.19. The van der Waals surface area contributed by atoms with Crippen LogP contribution in [0.3, 0.4) is 0 Å². The maximum absolute atomic E-state index is 11.8. The molecule has 4 heteroatoms. The molecule has 0 aromatic heterocycles. The van der Waals surface area contributed by atoms with Crippen LogP contribution in [-0.2, 0) is 17.8 Å². The summed E-state index contributed by atoms with van der Waals surface area (Å²) in [7, 11) is 0. The summed E-state index contributed by atoms with van der Waals surface area (Å²) < 4.78 is 12.5. The Morgan fingerprint density at radius 1 is 1.16 bits per heavy atom. The van der Waals surface area contributed by atoms with Crippen LogP contribution >= 0.6 is 15.9 Å². The first-order valence-corrected chi connectivity index (χ1v) is 9.65. The molecule has 1 saturated carbocycles. The van der Waals surface area contributed by atoms with E-state index in [2.05, 4.69) is 41.1 Å². The minimum atomic E-state index is -0.220. The number of hydrogen-bond donors (Lipinski definition) is 0. The number of carbonyl (C=O) groups is 1. The van der Waals surface area contributed by atoms with Gasteiger partial charge in [0.15, 0.2) is 0 Å². The minimum absolute atomic E-state index is 0.220. The molecule has 0 atom stereocenters. The first kappa shape index (κ1) is 18.0. The number of carbonyl (C=O) groups excluding carboxylic acids is 1. The largest absolute Gasteiger partial charge is 0.488 e. The van der Waals surface area contributed by atoms with Crippen molar-refractivity contribution in [1.82, 2.24) is 0 Å². The summed E-state index contributed by atoms with van der Waals surface area (Å²) >= 11 is 3.58. The Kier molecular flexibility index (Phi) is 5.79. The number of benzene rings is 2. The molecular weight excluding hydrogens is 380 g/mol. The highest BCUT2D eigenvalue weighted by Gasteiger charge is 2.28. The number of aryl methyl sites for hydroxylation is 1. The van der Waals surface area contributed by atoms with Gasteiger partial charge in [0.1, 0.15) is 18.1 Å². The maximum atomic E-state index is 11.8. The van der Waals surface area contributed by atoms with Crippen molar-refractivity contribution >= 4 is 21.9 Å². The summed E-state index contributed by atoms with van der Waals surface area (Å²) in [5.41, 5.74) is 3.48. The Morgan fingerprint density at radius 2 is 1.96 bits per heavy atom. The fraction of sp³-hybridized carbons (Fsp3) is 0.381. The number of esters is 1. The van der Waals surface area contributed by atoms with Crippen molar-refractivity contribution in [2.45, 2.75) is 52.1 Å². The molecule has 0 saturated heterocycles. The first-order valence-electron chi connectivity index (χ1n) is 8.86. The third kappa shape index (κ3) is 4.43. The zero-order valence-electron chi connectivity index (χ0n) is 14.7. The van der Waals surface area contributed by atoms with Crippen LogP contribution in [0.2, 0.25) is 0 Å². The fourth-order valence-electron chi connectivity index (χ4n) is 2.84. The van der Waals surface area contributed by atoms with Crippen LogP contribution in [0.25, 0.3) is 0 Å². The predicted molar refractivity (Wildman–Crippen MR) is 102 cm³/mol. The van der Waals surface area contributed by atoms with Crippen molar-refractivity contribution in [2.75, 3.05) is 0 Å². The van der Waals surface area contributed by atoms with Crippen LogP contribution in [-0.4, -0.2) is 5.97 Å². The van der Waals surface area contributed by atoms with Gasteiger partial charge in [-0.2, -0.15) is 0 Å². The molecule has 1 aliphatic rings. The standard InChI is InChI=1S/C21H23BrO3/c1-3-14-8-11-20(18(22)12-14)24-13-17-16(15-9-10-15)6-5-7-19(17)25-21(23)4-2/h5-8,11-12,15H,3-4,9-10,13H2,1-2H3. The third-order valence-corrected chi connectivity index (χ3v) is 5.10. The molecule has 3 rings (SSSR count). The van der Waals surface area contributed by atoms with Gasteiger partial charge in [0.05, 0.1) is 4.47 Å². The van der Waals surface area contributed by atoms with Crippen molar-refractivity contribution in [3.8, 4) is 11.5 Å². The van der Waals surface area contributed by atoms with E-state index in [4.69, 9.17) is 9.47 Å². The summed E-state index contributed by atoms with van der Waals surface area (Å²) in [4.78, 5) is 11.8. The van der Waals surface area contributed by atoms with Gasteiger partial charge in [0.2, 0.25) is 0 Å². The summed E-state index contributed by atoms with van der Waals surface area (Å²) in [5.74, 6) is 1.76. The topological polar surface area (TPSA) is 35.5 Å². The number of hydrogen-bond acceptors (Lipinski definition) is 3. The lowest BCUT2D eigenvalue weighted by Crippen LogP contribution is -2.10. The fourth-order valence-corrected chi connectivity index (χ4v) is 3.38. The van der Waals surface area contributed by atoms with Gasteiger partial charge in [0.25, 0.3) is 0 Å². The first-order chi connectivity index (χ1) is 12.1. The van der Waals surface area contributed by atoms with Gasteiger partial charge in [-0.3, -0.25) is 4.79 Å². The minimum Gasteiger partial charge on any atom is -0.488 e. The third-order valence-electron chi connectivity index (χ3n) is 4.48. The molecule has 2 aromatic carbocycles. The van der Waals surface area contributed by atoms with Crippen molar-refractivity contribution in [3.05, 3.63) is 57.6 Å². The molecule has 0 unspecified atom stereocenters. The van der Waals surface area contributed by atoms with Gasteiger partial charge in [-0.25, -0.2) is 0 Å². The lowest BCUT2D eigenvalue weighted by Gasteiger charge is -2.16. The van der Waals surface area contributed by atoms with E-state index in [9.17, 15) is 4.79 Å². The number of halogens is 1. The second-order valence-electron chi connectivity index (χ2n) is 6.33. The molecule has 0 radical (unpaired) electrons. The van der Waals surface area contributed by atoms with E-state index in [1.165, 1.54) is 24.0 Å². The van der Waals surface area contributed by atoms with Crippen LogP contribution < -0.4 is 9.47 Å². The van der Waals surface area contributed by atoms with E-state index in [0.717, 1.165) is 22.2 Å². The highest BCUT2D eigenvalue weighted by molar-refractivity contribution is 9.10. The van der Waals surface area contributed by atoms with Gasteiger partial charge in [-0.15, -0.1) is 0 Å². The Balaban J connectivity index is 1.84. The van der Waals surface area contributed by atoms with Crippen LogP contribution in [0.1, 0.15) is 55.7 Å². The summed E-state index contributed by atoms with van der Waals surface area (Å²) in [6.45, 7) is 4.32. The lowest BCUT2D eigenvalue weighted by atomic mass is 10.0. The predicted octanol–water partition coefficient (Wildman–Crippen LogP) is 5.78. The lowest BCUT2D eigenvalue weighted by molar-refractivity contribution is -0.134. The second kappa shape index (κ2) is 8.05. The maximum Gasteiger partial charge on any atom is 0.310 e. The Morgan fingerprint density at radius 3 is 2.60 bits per heavy atom. The molecule has 3 nitrogen and oxygen atoms in total. The number of rotatable bonds is 7. The molecule has 0 amide bonds. The van der Waals surface area contributed by atoms with Gasteiger partial charge < -0.3 is 9.47 Å². The molecule has 0 bridgehead atoms. The SMILES string of the molecule is CCC(=O)Oc1cccc(C2CC2)c1COc1ccc(CC)cc1Br. The Bertz CT molecular complexity index is 766. The van der Waals surface area contributed by atoms with Gasteiger partial charge >= 0.3 is 5.97 Å². The van der Waals surface area contributed by atoms with Crippen molar-refractivity contribution in [1.29, 1.82) is 0 Å². The molecule has 1 fully saturated rings. The van der Waals surface area contributed by atoms with E-state index in [1.807, 2.05) is 18.2 Å². The summed E-state index contributed by atoms with van der Waals surface area (Å²) in [6, 6.07) is 12.1. The molecule has 0 heterocycles. The van der Waals surface area contributed by atoms with E-state index in [0.29, 0.717) is 24.7 Å². The molecular formula is C21H23BrO3. The van der Waals surface area contributed by atoms with Gasteiger partial charge in [0, 0.05) is 12.0 Å². The van der Waals surface area contributed by atoms with Crippen LogP contribution in [0.4, 0.5) is 0 Å². The van der Waals surface area contributed by atoms with E-state index in [1.54, 1.807) is 6.92 Å². The molecule has 132 valence electrons. The van der Waals surface area contributed by atoms with E-state index < -0.39 is 0 Å². The summed E-state index contributed by atoms with van der Waals surface area (Å²) in [5, 5.41) is 0. The summed E-state index contributed by atoms with van der Waals surface area (Å²) in [6.07, 6.45) is 3.72. The molecule has 0 aliphatic heterocycles. The molecule has 0 spiro atoms. The Labute approximate surface area is 157 Å². The van der Waals surface area contributed by atoms with Crippen molar-refractivity contribution in [3.63, 3.8) is 0 Å². The highest BCUT2D eigenvalue weighted by Crippen LogP contribution is 2.44. The zero-order valence-corrected chi connectivity index (χ0v) is 16.3. The van der Waals surface area contributed by atoms with Crippen LogP contribution in [0, 0.1) is 0 Å². The molecule has 1 aliphatic carbocycles. The van der Waals surface area contributed by atoms with Crippen LogP contribution in [0.5, 0.6) is 11.5 Å². The van der Waals surface area contributed by atoms with Crippen molar-refractivity contribution in [2.24, 2.45) is 0 Å². The number of ether oxygens (including phenoxy) is 2. The normalized spacial score (nSPS) is 13.6. The van der Waals surface area contributed by atoms with Gasteiger partial charge in [-0.1, -0.05) is 32.0 Å². The monoisotopic (exact) mass is 402 g/mol. The molecule has 25 heavy (non-hydrogen) atoms. The molecule has 0 N–H and O–H groups in total. The average Bonchev–Trinajstić information content (AvgIpc) is 3.46. The molecule has 2 aromatic rings. The Hall–Kier alpha value is -1.81. The average molecular weight is 403 g/mol. The zero-order chi connectivity index (χ0) is 17.8. The van der Waals surface area contributed by atoms with E-state index >= 15 is 0 Å². The van der Waals surface area contributed by atoms with Crippen LogP contribution in [0.15, 0.2) is 40.9 Å². The smallest absolute Gasteiger partial charge is 0.310 e. The quantitative estimate of drug-likeness (QED) is 0.434. The highest BCUT2D eigenvalue weighted by atomic mass is 79.9. The van der Waals surface area contributed by atoms with Crippen molar-refractivity contribution < 1.29 is 14.3 Å².